The van der Waals surface area contributed by atoms with Crippen molar-refractivity contribution in [3.05, 3.63) is 48.5 Å². The van der Waals surface area contributed by atoms with Crippen molar-refractivity contribution in [2.45, 2.75) is 24.0 Å². The number of rotatable bonds is 9. The number of alkyl halides is 6. The zero-order valence-corrected chi connectivity index (χ0v) is 15.8. The van der Waals surface area contributed by atoms with Gasteiger partial charge in [-0.2, -0.15) is 0 Å². The molecule has 0 saturated carbocycles. The van der Waals surface area contributed by atoms with Gasteiger partial charge in [-0.05, 0) is 55.0 Å². The maximum atomic E-state index is 12.1. The molecule has 0 spiro atoms. The summed E-state index contributed by atoms with van der Waals surface area (Å²) in [5, 5.41) is 0. The van der Waals surface area contributed by atoms with Gasteiger partial charge in [0.1, 0.15) is 17.2 Å². The van der Waals surface area contributed by atoms with Gasteiger partial charge >= 0.3 is 12.7 Å². The van der Waals surface area contributed by atoms with Crippen molar-refractivity contribution < 1.29 is 49.0 Å². The number of nitrogens with one attached hydrogen (secondary N) is 1. The molecule has 0 radical (unpaired) electrons. The Balaban J connectivity index is 1.76. The molecule has 0 amide bonds. The van der Waals surface area contributed by atoms with Crippen molar-refractivity contribution >= 4 is 10.0 Å². The lowest BCUT2D eigenvalue weighted by Crippen LogP contribution is -2.26. The van der Waals surface area contributed by atoms with Crippen LogP contribution in [-0.4, -0.2) is 34.3 Å². The minimum atomic E-state index is -4.88. The maximum Gasteiger partial charge on any atom is 0.573 e. The first-order chi connectivity index (χ1) is 13.8. The molecule has 0 aliphatic heterocycles. The van der Waals surface area contributed by atoms with E-state index in [1.807, 2.05) is 0 Å². The summed E-state index contributed by atoms with van der Waals surface area (Å²) in [6.07, 6.45) is -9.47. The molecule has 0 heterocycles. The molecule has 166 valence electrons. The molecule has 0 unspecified atom stereocenters. The molecule has 1 N–H and O–H groups in total. The van der Waals surface area contributed by atoms with E-state index >= 15 is 0 Å². The molecule has 0 atom stereocenters. The summed E-state index contributed by atoms with van der Waals surface area (Å²) in [6.45, 7) is 0.0127. The van der Waals surface area contributed by atoms with Gasteiger partial charge in [0.25, 0.3) is 0 Å². The minimum Gasteiger partial charge on any atom is -0.494 e. The topological polar surface area (TPSA) is 73.9 Å². The monoisotopic (exact) mass is 459 g/mol. The highest BCUT2D eigenvalue weighted by atomic mass is 32.2. The molecule has 30 heavy (non-hydrogen) atoms. The third-order valence-electron chi connectivity index (χ3n) is 3.31. The molecule has 0 saturated heterocycles. The van der Waals surface area contributed by atoms with Gasteiger partial charge < -0.3 is 14.2 Å². The molecule has 0 fully saturated rings. The number of ether oxygens (including phenoxy) is 3. The summed E-state index contributed by atoms with van der Waals surface area (Å²) in [5.41, 5.74) is 0. The van der Waals surface area contributed by atoms with Gasteiger partial charge in [-0.1, -0.05) is 0 Å². The molecule has 13 heteroatoms. The van der Waals surface area contributed by atoms with Crippen LogP contribution in [0, 0.1) is 0 Å². The predicted octanol–water partition coefficient (Wildman–Crippen LogP) is 4.23. The Morgan fingerprint density at radius 1 is 0.733 bits per heavy atom. The van der Waals surface area contributed by atoms with Crippen molar-refractivity contribution in [3.8, 4) is 17.2 Å². The van der Waals surface area contributed by atoms with Crippen molar-refractivity contribution in [1.29, 1.82) is 0 Å². The second kappa shape index (κ2) is 9.43. The Morgan fingerprint density at radius 2 is 1.17 bits per heavy atom. The highest BCUT2D eigenvalue weighted by Gasteiger charge is 2.31. The largest absolute Gasteiger partial charge is 0.573 e. The summed E-state index contributed by atoms with van der Waals surface area (Å²) in [5.74, 6) is -0.705. The molecular weight excluding hydrogens is 444 g/mol. The van der Waals surface area contributed by atoms with Gasteiger partial charge in [0.2, 0.25) is 10.0 Å². The van der Waals surface area contributed by atoms with Gasteiger partial charge in [0.05, 0.1) is 11.5 Å². The summed E-state index contributed by atoms with van der Waals surface area (Å²) < 4.78 is 112. The van der Waals surface area contributed by atoms with Crippen LogP contribution < -0.4 is 18.9 Å². The molecule has 0 aliphatic rings. The molecule has 0 aromatic heterocycles. The van der Waals surface area contributed by atoms with Crippen LogP contribution in [0.5, 0.6) is 17.2 Å². The lowest BCUT2D eigenvalue weighted by Gasteiger charge is -2.11. The van der Waals surface area contributed by atoms with Crippen molar-refractivity contribution in [2.75, 3.05) is 13.2 Å². The van der Waals surface area contributed by atoms with Crippen LogP contribution in [0.3, 0.4) is 0 Å². The lowest BCUT2D eigenvalue weighted by molar-refractivity contribution is -0.275. The van der Waals surface area contributed by atoms with E-state index < -0.39 is 34.2 Å². The van der Waals surface area contributed by atoms with Crippen LogP contribution in [0.4, 0.5) is 26.3 Å². The summed E-state index contributed by atoms with van der Waals surface area (Å²) >= 11 is 0. The lowest BCUT2D eigenvalue weighted by atomic mass is 10.3. The summed E-state index contributed by atoms with van der Waals surface area (Å²) in [7, 11) is -3.95. The first-order valence-corrected chi connectivity index (χ1v) is 9.66. The van der Waals surface area contributed by atoms with E-state index in [9.17, 15) is 34.8 Å². The van der Waals surface area contributed by atoms with Crippen molar-refractivity contribution in [3.63, 3.8) is 0 Å². The fourth-order valence-electron chi connectivity index (χ4n) is 2.11. The highest BCUT2D eigenvalue weighted by molar-refractivity contribution is 7.89. The van der Waals surface area contributed by atoms with Crippen molar-refractivity contribution in [2.24, 2.45) is 0 Å². The Hall–Kier alpha value is -2.67. The molecule has 0 aliphatic carbocycles. The first-order valence-electron chi connectivity index (χ1n) is 8.18. The fraction of sp³-hybridized carbons (Fsp3) is 0.294. The fourth-order valence-corrected chi connectivity index (χ4v) is 3.18. The first kappa shape index (κ1) is 23.6. The zero-order valence-electron chi connectivity index (χ0n) is 15.0. The van der Waals surface area contributed by atoms with E-state index in [2.05, 4.69) is 14.2 Å². The number of benzene rings is 2. The Morgan fingerprint density at radius 3 is 1.63 bits per heavy atom. The highest BCUT2D eigenvalue weighted by Crippen LogP contribution is 2.25. The van der Waals surface area contributed by atoms with Crippen LogP contribution in [0.1, 0.15) is 6.42 Å². The van der Waals surface area contributed by atoms with E-state index in [4.69, 9.17) is 4.74 Å². The number of halogens is 6. The Labute approximate surface area is 167 Å². The van der Waals surface area contributed by atoms with Crippen molar-refractivity contribution in [1.82, 2.24) is 4.72 Å². The SMILES string of the molecule is O=S(=O)(NCCCOc1ccc(OC(F)(F)F)cc1)c1ccc(OC(F)(F)F)cc1. The third kappa shape index (κ3) is 8.37. The van der Waals surface area contributed by atoms with Crippen LogP contribution in [-0.2, 0) is 10.0 Å². The standard InChI is InChI=1S/C17H15F6NO5S/c18-16(19,20)28-13-4-2-12(3-5-13)27-11-1-10-24-30(25,26)15-8-6-14(7-9-15)29-17(21,22)23/h2-9,24H,1,10-11H2. The van der Waals surface area contributed by atoms with Crippen LogP contribution in [0.15, 0.2) is 53.4 Å². The van der Waals surface area contributed by atoms with Gasteiger partial charge in [-0.15, -0.1) is 26.3 Å². The Bertz CT molecular complexity index is 912. The summed E-state index contributed by atoms with van der Waals surface area (Å²) in [6, 6.07) is 8.32. The minimum absolute atomic E-state index is 0.0432. The van der Waals surface area contributed by atoms with Gasteiger partial charge in [-0.3, -0.25) is 0 Å². The summed E-state index contributed by atoms with van der Waals surface area (Å²) in [4.78, 5) is -0.252. The van der Waals surface area contributed by atoms with E-state index in [1.54, 1.807) is 0 Å². The van der Waals surface area contributed by atoms with E-state index in [-0.39, 0.29) is 30.2 Å². The predicted molar refractivity (Wildman–Crippen MR) is 91.6 cm³/mol. The van der Waals surface area contributed by atoms with Gasteiger partial charge in [-0.25, -0.2) is 13.1 Å². The average molecular weight is 459 g/mol. The van der Waals surface area contributed by atoms with Gasteiger partial charge in [0, 0.05) is 6.54 Å². The molecule has 0 bridgehead atoms. The number of sulfonamides is 1. The van der Waals surface area contributed by atoms with E-state index in [0.29, 0.717) is 0 Å². The molecule has 2 aromatic rings. The average Bonchev–Trinajstić information content (AvgIpc) is 2.60. The Kier molecular flexibility index (Phi) is 7.42. The molecule has 2 rings (SSSR count). The second-order valence-corrected chi connectivity index (χ2v) is 7.41. The van der Waals surface area contributed by atoms with E-state index in [1.165, 1.54) is 12.1 Å². The van der Waals surface area contributed by atoms with E-state index in [0.717, 1.165) is 36.4 Å². The smallest absolute Gasteiger partial charge is 0.494 e. The van der Waals surface area contributed by atoms with Gasteiger partial charge in [0.15, 0.2) is 0 Å². The van der Waals surface area contributed by atoms with Crippen LogP contribution in [0.25, 0.3) is 0 Å². The number of hydrogen-bond acceptors (Lipinski definition) is 5. The molecular formula is C17H15F6NO5S. The van der Waals surface area contributed by atoms with Crippen LogP contribution >= 0.6 is 0 Å². The molecule has 2 aromatic carbocycles. The normalized spacial score (nSPS) is 12.5. The van der Waals surface area contributed by atoms with Crippen LogP contribution in [0.2, 0.25) is 0 Å². The molecule has 6 nitrogen and oxygen atoms in total. The third-order valence-corrected chi connectivity index (χ3v) is 4.78. The maximum absolute atomic E-state index is 12.1. The zero-order chi connectivity index (χ0) is 22.4. The number of hydrogen-bond donors (Lipinski definition) is 1. The quantitative estimate of drug-likeness (QED) is 0.449. The second-order valence-electron chi connectivity index (χ2n) is 5.64.